The van der Waals surface area contributed by atoms with E-state index in [0.717, 1.165) is 68.1 Å². The second-order valence-corrected chi connectivity index (χ2v) is 30.3. The van der Waals surface area contributed by atoms with E-state index >= 15 is 0 Å². The molecule has 594 valence electrons. The maximum atomic E-state index is 14.3. The molecule has 16 unspecified atom stereocenters. The number of amides is 1. The van der Waals surface area contributed by atoms with Crippen LogP contribution in [0.3, 0.4) is 0 Å². The Hall–Kier alpha value is -7.89. The van der Waals surface area contributed by atoms with Crippen molar-refractivity contribution in [2.75, 3.05) is 53.8 Å². The van der Waals surface area contributed by atoms with Gasteiger partial charge in [0.15, 0.2) is 25.0 Å². The zero-order valence-corrected chi connectivity index (χ0v) is 65.8. The van der Waals surface area contributed by atoms with Crippen LogP contribution in [0, 0.1) is 41.4 Å². The summed E-state index contributed by atoms with van der Waals surface area (Å²) in [4.78, 5) is 93.4. The number of methoxy groups -OCH3 is 2. The Bertz CT molecular complexity index is 3590. The fourth-order valence-electron chi connectivity index (χ4n) is 15.3. The summed E-state index contributed by atoms with van der Waals surface area (Å²) < 4.78 is 82.5. The number of carbonyl (C=O) groups excluding carboxylic acids is 7. The van der Waals surface area contributed by atoms with Crippen LogP contribution in [0.25, 0.3) is 0 Å². The van der Waals surface area contributed by atoms with Crippen molar-refractivity contribution in [2.45, 2.75) is 232 Å². The van der Waals surface area contributed by atoms with E-state index in [9.17, 15) is 33.6 Å². The molecule has 4 heterocycles. The minimum absolute atomic E-state index is 0.00771. The Morgan fingerprint density at radius 3 is 1.43 bits per heavy atom. The summed E-state index contributed by atoms with van der Waals surface area (Å²) in [6.07, 6.45) is 3.27. The molecule has 0 spiro atoms. The molecule has 9 rings (SSSR count). The Balaban J connectivity index is 0.746. The standard InChI is InChI=1S/C88H117NO20/c1-57(90)40-49-80(94)105-75-51-71(53-103-88(68-35-25-20-26-36-68,69-41-45-73(97-10)46-42-69)70-43-47-74(98-11)48-44-70)89(52-75)79(93)39-29-16-15-28-38-72(92)37-27-14-12-13-17-30-50-99-87-82(104-65(9)91)81(109-86-63(7)59(3)61(5)77(107-86)55-101-84(96)67-33-23-19-24-34-67)64(8)78(108-87)56-102-85-62(6)58(2)60(4)76(106-85)54-100-83(95)66-31-21-18-22-32-66/h18-26,31-36,41-48,58-64,71,75-78,81-82,85-87H,12-17,27-30,37-40,49-56H2,1-11H3/t58?,59?,60?,61?,62?,63?,64?,71-,75?,76?,77?,78?,81?,82?,85?,86?,87?/m0/s1. The van der Waals surface area contributed by atoms with Gasteiger partial charge in [0.25, 0.3) is 0 Å². The van der Waals surface area contributed by atoms with Crippen molar-refractivity contribution >= 4 is 41.4 Å². The van der Waals surface area contributed by atoms with Gasteiger partial charge in [0.05, 0.1) is 75.9 Å². The molecule has 21 nitrogen and oxygen atoms in total. The van der Waals surface area contributed by atoms with E-state index in [1.165, 1.54) is 13.8 Å². The Morgan fingerprint density at radius 2 is 0.908 bits per heavy atom. The third-order valence-corrected chi connectivity index (χ3v) is 22.8. The Labute approximate surface area is 644 Å². The van der Waals surface area contributed by atoms with Gasteiger partial charge in [-0.25, -0.2) is 9.59 Å². The summed E-state index contributed by atoms with van der Waals surface area (Å²) in [6, 6.07) is 42.7. The zero-order chi connectivity index (χ0) is 78.0. The highest BCUT2D eigenvalue weighted by molar-refractivity contribution is 5.90. The third kappa shape index (κ3) is 23.8. The number of rotatable bonds is 41. The summed E-state index contributed by atoms with van der Waals surface area (Å²) in [7, 11) is 3.24. The van der Waals surface area contributed by atoms with Crippen LogP contribution in [-0.4, -0.2) is 162 Å². The van der Waals surface area contributed by atoms with E-state index in [-0.39, 0.29) is 105 Å². The van der Waals surface area contributed by atoms with Gasteiger partial charge < -0.3 is 71.3 Å². The molecule has 4 saturated heterocycles. The molecule has 1 amide bonds. The second-order valence-electron chi connectivity index (χ2n) is 30.3. The van der Waals surface area contributed by atoms with E-state index in [0.29, 0.717) is 61.3 Å². The van der Waals surface area contributed by atoms with Crippen molar-refractivity contribution in [1.29, 1.82) is 0 Å². The highest BCUT2D eigenvalue weighted by Crippen LogP contribution is 2.45. The van der Waals surface area contributed by atoms with Crippen LogP contribution in [0.15, 0.2) is 140 Å². The highest BCUT2D eigenvalue weighted by atomic mass is 16.7. The van der Waals surface area contributed by atoms with Crippen molar-refractivity contribution in [3.8, 4) is 11.5 Å². The lowest BCUT2D eigenvalue weighted by molar-refractivity contribution is -0.345. The summed E-state index contributed by atoms with van der Waals surface area (Å²) in [5.41, 5.74) is 2.32. The lowest BCUT2D eigenvalue weighted by Gasteiger charge is -2.49. The van der Waals surface area contributed by atoms with Crippen molar-refractivity contribution in [2.24, 2.45) is 41.4 Å². The summed E-state index contributed by atoms with van der Waals surface area (Å²) in [6.45, 7) is 18.1. The van der Waals surface area contributed by atoms with E-state index in [1.807, 2.05) is 97.9 Å². The first-order valence-electron chi connectivity index (χ1n) is 39.5. The second kappa shape index (κ2) is 42.5. The maximum absolute atomic E-state index is 14.3. The summed E-state index contributed by atoms with van der Waals surface area (Å²) in [5.74, 6) is -0.763. The number of ketones is 2. The lowest BCUT2D eigenvalue weighted by Crippen LogP contribution is -2.60. The SMILES string of the molecule is COc1ccc(C(OC[C@@H]2CC(OC(=O)CCC(C)=O)CN2C(=O)CCCCCCC(=O)CCCCCCCCOC2OC(COC3OC(COC(=O)c4ccccc4)C(C)C(C)C3C)C(C)C(OC3OC(COC(=O)c4ccccc4)C(C)C(C)C3C)C2OC(C)=O)(c2ccccc2)c2ccc(OC)cc2)cc1. The Kier molecular flexibility index (Phi) is 33.2. The number of hydrogen-bond acceptors (Lipinski definition) is 20. The van der Waals surface area contributed by atoms with Crippen LogP contribution in [0.5, 0.6) is 11.5 Å². The van der Waals surface area contributed by atoms with Crippen LogP contribution in [0.2, 0.25) is 0 Å². The largest absolute Gasteiger partial charge is 0.497 e. The number of benzene rings is 5. The molecular formula is C88H117NO20. The fourth-order valence-corrected chi connectivity index (χ4v) is 15.3. The molecule has 5 aromatic rings. The van der Waals surface area contributed by atoms with Gasteiger partial charge in [-0.1, -0.05) is 178 Å². The van der Waals surface area contributed by atoms with Crippen molar-refractivity contribution < 1.29 is 95.1 Å². The van der Waals surface area contributed by atoms with E-state index < -0.39 is 96.9 Å². The number of ether oxygens (including phenoxy) is 13. The first-order chi connectivity index (χ1) is 52.6. The average Bonchev–Trinajstić information content (AvgIpc) is 1.51. The average molecular weight is 1510 g/mol. The maximum Gasteiger partial charge on any atom is 0.338 e. The smallest absolute Gasteiger partial charge is 0.338 e. The minimum atomic E-state index is -1.14. The molecule has 21 heteroatoms. The van der Waals surface area contributed by atoms with Crippen molar-refractivity contribution in [3.63, 3.8) is 0 Å². The molecule has 109 heavy (non-hydrogen) atoms. The molecule has 0 bridgehead atoms. The van der Waals surface area contributed by atoms with Gasteiger partial charge in [-0.15, -0.1) is 0 Å². The lowest BCUT2D eigenvalue weighted by atomic mass is 9.79. The summed E-state index contributed by atoms with van der Waals surface area (Å²) in [5, 5.41) is 0. The van der Waals surface area contributed by atoms with Crippen LogP contribution in [0.1, 0.15) is 202 Å². The quantitative estimate of drug-likeness (QED) is 0.0153. The molecule has 4 aliphatic heterocycles. The number of Topliss-reactive ketones (excluding diaryl/α,β-unsaturated/α-hetero) is 2. The highest BCUT2D eigenvalue weighted by Gasteiger charge is 2.52. The first kappa shape index (κ1) is 85.1. The van der Waals surface area contributed by atoms with Crippen LogP contribution in [-0.2, 0) is 81.7 Å². The van der Waals surface area contributed by atoms with Crippen LogP contribution in [0.4, 0.5) is 0 Å². The van der Waals surface area contributed by atoms with Crippen LogP contribution < -0.4 is 9.47 Å². The van der Waals surface area contributed by atoms with Gasteiger partial charge in [0.1, 0.15) is 54.1 Å². The summed E-state index contributed by atoms with van der Waals surface area (Å²) >= 11 is 0. The molecule has 0 aliphatic carbocycles. The molecule has 5 aromatic carbocycles. The van der Waals surface area contributed by atoms with E-state index in [1.54, 1.807) is 67.7 Å². The fraction of sp³-hybridized carbons (Fsp3) is 0.580. The number of carbonyl (C=O) groups is 7. The molecule has 0 saturated carbocycles. The zero-order valence-electron chi connectivity index (χ0n) is 65.8. The predicted octanol–water partition coefficient (Wildman–Crippen LogP) is 15.2. The third-order valence-electron chi connectivity index (χ3n) is 22.8. The number of unbranched alkanes of at least 4 members (excludes halogenated alkanes) is 8. The molecule has 0 N–H and O–H groups in total. The van der Waals surface area contributed by atoms with Gasteiger partial charge in [-0.05, 0) is 121 Å². The number of likely N-dealkylation sites (tertiary alicyclic amines) is 1. The molecule has 0 aromatic heterocycles. The first-order valence-corrected chi connectivity index (χ1v) is 39.5. The van der Waals surface area contributed by atoms with Crippen molar-refractivity contribution in [3.05, 3.63) is 167 Å². The Morgan fingerprint density at radius 1 is 0.440 bits per heavy atom. The molecule has 17 atom stereocenters. The number of hydrogen-bond donors (Lipinski definition) is 0. The molecule has 4 fully saturated rings. The van der Waals surface area contributed by atoms with Gasteiger partial charge in [-0.3, -0.25) is 19.2 Å². The minimum Gasteiger partial charge on any atom is -0.497 e. The number of nitrogens with zero attached hydrogens (tertiary/aromatic N) is 1. The van der Waals surface area contributed by atoms with Crippen LogP contribution >= 0.6 is 0 Å². The molecular weight excluding hydrogens is 1390 g/mol. The molecule has 0 radical (unpaired) electrons. The van der Waals surface area contributed by atoms with Gasteiger partial charge in [0, 0.05) is 63.4 Å². The predicted molar refractivity (Wildman–Crippen MR) is 409 cm³/mol. The number of esters is 4. The monoisotopic (exact) mass is 1510 g/mol. The van der Waals surface area contributed by atoms with Gasteiger partial charge in [-0.2, -0.15) is 0 Å². The van der Waals surface area contributed by atoms with Crippen molar-refractivity contribution in [1.82, 2.24) is 4.90 Å². The topological polar surface area (TPSA) is 243 Å². The molecule has 4 aliphatic rings. The van der Waals surface area contributed by atoms with E-state index in [2.05, 4.69) is 41.5 Å². The van der Waals surface area contributed by atoms with Gasteiger partial charge in [0.2, 0.25) is 5.91 Å². The van der Waals surface area contributed by atoms with E-state index in [4.69, 9.17) is 61.6 Å². The van der Waals surface area contributed by atoms with Gasteiger partial charge >= 0.3 is 23.9 Å². The normalized spacial score (nSPS) is 26.2.